The summed E-state index contributed by atoms with van der Waals surface area (Å²) in [6, 6.07) is 3.34. The monoisotopic (exact) mass is 266 g/mol. The van der Waals surface area contributed by atoms with E-state index in [1.807, 2.05) is 0 Å². The lowest BCUT2D eigenvalue weighted by Gasteiger charge is -2.07. The molecule has 1 rings (SSSR count). The quantitative estimate of drug-likeness (QED) is 0.694. The molecule has 0 radical (unpaired) electrons. The van der Waals surface area contributed by atoms with Gasteiger partial charge in [-0.25, -0.2) is 0 Å². The van der Waals surface area contributed by atoms with E-state index >= 15 is 0 Å². The number of carbonyl (C=O) groups excluding carboxylic acids is 1. The molecule has 0 unspecified atom stereocenters. The molecule has 0 bridgehead atoms. The molecule has 1 heterocycles. The Kier molecular flexibility index (Phi) is 6.81. The van der Waals surface area contributed by atoms with E-state index < -0.39 is 0 Å². The molecule has 2 N–H and O–H groups in total. The van der Waals surface area contributed by atoms with E-state index in [4.69, 9.17) is 4.74 Å². The van der Waals surface area contributed by atoms with E-state index in [0.717, 1.165) is 13.0 Å². The first-order chi connectivity index (χ1) is 9.13. The molecule has 1 aromatic rings. The number of hydrogen-bond donors (Lipinski definition) is 2. The first kappa shape index (κ1) is 15.4. The molecule has 1 amide bonds. The van der Waals surface area contributed by atoms with Gasteiger partial charge in [0.1, 0.15) is 5.82 Å². The second-order valence-electron chi connectivity index (χ2n) is 4.60. The van der Waals surface area contributed by atoms with Gasteiger partial charge in [-0.15, -0.1) is 10.2 Å². The molecule has 0 saturated carbocycles. The van der Waals surface area contributed by atoms with E-state index in [1.165, 1.54) is 0 Å². The largest absolute Gasteiger partial charge is 0.380 e. The lowest BCUT2D eigenvalue weighted by Crippen LogP contribution is -2.28. The number of anilines is 1. The van der Waals surface area contributed by atoms with Crippen molar-refractivity contribution in [3.63, 3.8) is 0 Å². The van der Waals surface area contributed by atoms with Crippen LogP contribution in [0.4, 0.5) is 5.82 Å². The Bertz CT molecular complexity index is 379. The van der Waals surface area contributed by atoms with E-state index in [2.05, 4.69) is 34.7 Å². The first-order valence-corrected chi connectivity index (χ1v) is 6.51. The Morgan fingerprint density at radius 2 is 2.11 bits per heavy atom. The predicted molar refractivity (Wildman–Crippen MR) is 74.2 cm³/mol. The molecule has 106 valence electrons. The van der Waals surface area contributed by atoms with Gasteiger partial charge in [-0.3, -0.25) is 4.79 Å². The second-order valence-corrected chi connectivity index (χ2v) is 4.60. The van der Waals surface area contributed by atoms with E-state index in [-0.39, 0.29) is 5.91 Å². The minimum absolute atomic E-state index is 0.234. The van der Waals surface area contributed by atoms with Crippen molar-refractivity contribution in [2.24, 2.45) is 5.92 Å². The van der Waals surface area contributed by atoms with Crippen LogP contribution >= 0.6 is 0 Å². The maximum absolute atomic E-state index is 11.7. The zero-order valence-corrected chi connectivity index (χ0v) is 11.8. The summed E-state index contributed by atoms with van der Waals surface area (Å²) in [4.78, 5) is 11.7. The normalized spacial score (nSPS) is 10.5. The number of amides is 1. The minimum atomic E-state index is -0.234. The molecule has 0 saturated heterocycles. The maximum atomic E-state index is 11.7. The van der Waals surface area contributed by atoms with Gasteiger partial charge in [0, 0.05) is 20.2 Å². The predicted octanol–water partition coefficient (Wildman–Crippen LogP) is 1.31. The van der Waals surface area contributed by atoms with Crippen molar-refractivity contribution in [3.8, 4) is 0 Å². The standard InChI is InChI=1S/C13H22N4O2/c1-10(2)6-8-19-9-7-15-13(18)11-4-5-12(14-3)17-16-11/h4-5,10H,6-9H2,1-3H3,(H,14,17)(H,15,18). The fraction of sp³-hybridized carbons (Fsp3) is 0.615. The SMILES string of the molecule is CNc1ccc(C(=O)NCCOCCC(C)C)nn1. The number of ether oxygens (including phenoxy) is 1. The fourth-order valence-electron chi connectivity index (χ4n) is 1.34. The topological polar surface area (TPSA) is 76.1 Å². The number of nitrogens with zero attached hydrogens (tertiary/aromatic N) is 2. The van der Waals surface area contributed by atoms with Crippen molar-refractivity contribution in [1.29, 1.82) is 0 Å². The van der Waals surface area contributed by atoms with E-state index in [1.54, 1.807) is 19.2 Å². The minimum Gasteiger partial charge on any atom is -0.380 e. The Balaban J connectivity index is 2.20. The molecule has 0 atom stereocenters. The zero-order valence-electron chi connectivity index (χ0n) is 11.8. The number of aromatic nitrogens is 2. The molecule has 6 heteroatoms. The van der Waals surface area contributed by atoms with Crippen molar-refractivity contribution in [1.82, 2.24) is 15.5 Å². The van der Waals surface area contributed by atoms with E-state index in [0.29, 0.717) is 30.6 Å². The van der Waals surface area contributed by atoms with Gasteiger partial charge in [-0.2, -0.15) is 0 Å². The van der Waals surface area contributed by atoms with Crippen LogP contribution in [0.1, 0.15) is 30.8 Å². The summed E-state index contributed by atoms with van der Waals surface area (Å²) in [6.45, 7) is 6.02. The molecular formula is C13H22N4O2. The fourth-order valence-corrected chi connectivity index (χ4v) is 1.34. The lowest BCUT2D eigenvalue weighted by atomic mass is 10.1. The van der Waals surface area contributed by atoms with Gasteiger partial charge < -0.3 is 15.4 Å². The van der Waals surface area contributed by atoms with Gasteiger partial charge in [0.15, 0.2) is 5.69 Å². The average Bonchev–Trinajstić information content (AvgIpc) is 2.42. The number of rotatable bonds is 8. The molecule has 19 heavy (non-hydrogen) atoms. The van der Waals surface area contributed by atoms with Crippen molar-refractivity contribution >= 4 is 11.7 Å². The van der Waals surface area contributed by atoms with Crippen LogP contribution in [0.5, 0.6) is 0 Å². The Morgan fingerprint density at radius 3 is 2.68 bits per heavy atom. The van der Waals surface area contributed by atoms with Crippen LogP contribution in [0.15, 0.2) is 12.1 Å². The molecule has 0 fully saturated rings. The van der Waals surface area contributed by atoms with Gasteiger partial charge in [-0.05, 0) is 24.5 Å². The Labute approximate surface area is 113 Å². The molecule has 0 aliphatic rings. The summed E-state index contributed by atoms with van der Waals surface area (Å²) < 4.78 is 5.41. The third-order valence-corrected chi connectivity index (χ3v) is 2.52. The highest BCUT2D eigenvalue weighted by Crippen LogP contribution is 2.00. The molecule has 0 aliphatic heterocycles. The van der Waals surface area contributed by atoms with E-state index in [9.17, 15) is 4.79 Å². The van der Waals surface area contributed by atoms with Crippen molar-refractivity contribution < 1.29 is 9.53 Å². The van der Waals surface area contributed by atoms with Crippen LogP contribution in [-0.4, -0.2) is 42.9 Å². The summed E-state index contributed by atoms with van der Waals surface area (Å²) in [5.74, 6) is 1.03. The van der Waals surface area contributed by atoms with Crippen LogP contribution in [-0.2, 0) is 4.74 Å². The third kappa shape index (κ3) is 6.15. The van der Waals surface area contributed by atoms with Gasteiger partial charge in [0.25, 0.3) is 5.91 Å². The van der Waals surface area contributed by atoms with Crippen LogP contribution in [0.3, 0.4) is 0 Å². The molecule has 1 aromatic heterocycles. The number of carbonyl (C=O) groups is 1. The highest BCUT2D eigenvalue weighted by molar-refractivity contribution is 5.92. The molecule has 0 aliphatic carbocycles. The summed E-state index contributed by atoms with van der Waals surface area (Å²) >= 11 is 0. The van der Waals surface area contributed by atoms with Crippen molar-refractivity contribution in [2.45, 2.75) is 20.3 Å². The summed E-state index contributed by atoms with van der Waals surface area (Å²) in [6.07, 6.45) is 1.03. The Hall–Kier alpha value is -1.69. The molecule has 6 nitrogen and oxygen atoms in total. The lowest BCUT2D eigenvalue weighted by molar-refractivity contribution is 0.0900. The smallest absolute Gasteiger partial charge is 0.271 e. The molecular weight excluding hydrogens is 244 g/mol. The first-order valence-electron chi connectivity index (χ1n) is 6.51. The number of nitrogens with one attached hydrogen (secondary N) is 2. The highest BCUT2D eigenvalue weighted by Gasteiger charge is 2.06. The van der Waals surface area contributed by atoms with Crippen molar-refractivity contribution in [3.05, 3.63) is 17.8 Å². The molecule has 0 spiro atoms. The molecule has 0 aromatic carbocycles. The van der Waals surface area contributed by atoms with Crippen molar-refractivity contribution in [2.75, 3.05) is 32.1 Å². The van der Waals surface area contributed by atoms with Gasteiger partial charge in [0.2, 0.25) is 0 Å². The van der Waals surface area contributed by atoms with Crippen LogP contribution in [0.2, 0.25) is 0 Å². The van der Waals surface area contributed by atoms with Gasteiger partial charge >= 0.3 is 0 Å². The summed E-state index contributed by atoms with van der Waals surface area (Å²) in [5.41, 5.74) is 0.307. The summed E-state index contributed by atoms with van der Waals surface area (Å²) in [5, 5.41) is 13.2. The van der Waals surface area contributed by atoms with Gasteiger partial charge in [-0.1, -0.05) is 13.8 Å². The summed E-state index contributed by atoms with van der Waals surface area (Å²) in [7, 11) is 1.75. The maximum Gasteiger partial charge on any atom is 0.271 e. The second kappa shape index (κ2) is 8.42. The zero-order chi connectivity index (χ0) is 14.1. The Morgan fingerprint density at radius 1 is 1.32 bits per heavy atom. The van der Waals surface area contributed by atoms with Gasteiger partial charge in [0.05, 0.1) is 6.61 Å². The average molecular weight is 266 g/mol. The van der Waals surface area contributed by atoms with Crippen LogP contribution < -0.4 is 10.6 Å². The highest BCUT2D eigenvalue weighted by atomic mass is 16.5. The van der Waals surface area contributed by atoms with Crippen LogP contribution in [0.25, 0.3) is 0 Å². The van der Waals surface area contributed by atoms with Crippen LogP contribution in [0, 0.1) is 5.92 Å². The number of hydrogen-bond acceptors (Lipinski definition) is 5. The third-order valence-electron chi connectivity index (χ3n) is 2.52.